The fraction of sp³-hybridized carbons (Fsp3) is 0. The zero-order valence-electron chi connectivity index (χ0n) is 20.9. The van der Waals surface area contributed by atoms with Crippen LogP contribution in [0.15, 0.2) is 142 Å². The number of nitrogens with zero attached hydrogens (tertiary/aromatic N) is 1. The van der Waals surface area contributed by atoms with E-state index in [9.17, 15) is 0 Å². The fourth-order valence-electron chi connectivity index (χ4n) is 5.78. The molecular weight excluding hydrogens is 542 g/mol. The van der Waals surface area contributed by atoms with Crippen molar-refractivity contribution in [3.8, 4) is 27.9 Å². The predicted octanol–water partition coefficient (Wildman–Crippen LogP) is 10.8. The summed E-state index contributed by atoms with van der Waals surface area (Å²) >= 11 is 3.57. The van der Waals surface area contributed by atoms with E-state index in [4.69, 9.17) is 4.42 Å². The lowest BCUT2D eigenvalue weighted by Crippen LogP contribution is -1.93. The molecule has 8 aromatic rings. The molecule has 0 spiro atoms. The highest BCUT2D eigenvalue weighted by atomic mass is 79.9. The number of rotatable bonds is 3. The summed E-state index contributed by atoms with van der Waals surface area (Å²) in [6.45, 7) is 0. The molecule has 0 saturated heterocycles. The molecule has 0 aliphatic carbocycles. The number of hydrogen-bond acceptors (Lipinski definition) is 1. The maximum atomic E-state index is 6.02. The van der Waals surface area contributed by atoms with Crippen LogP contribution in [0.2, 0.25) is 0 Å². The van der Waals surface area contributed by atoms with Gasteiger partial charge in [0.15, 0.2) is 0 Å². The van der Waals surface area contributed by atoms with Gasteiger partial charge in [0.25, 0.3) is 0 Å². The SMILES string of the molecule is Brc1ccc(-n2c3ccccc3c3cc(-c4ccc(-c5ccc6oc7ccccc7c6c5)cc4)ccc32)cc1. The topological polar surface area (TPSA) is 18.1 Å². The van der Waals surface area contributed by atoms with Crippen molar-refractivity contribution in [2.45, 2.75) is 0 Å². The van der Waals surface area contributed by atoms with Gasteiger partial charge >= 0.3 is 0 Å². The van der Waals surface area contributed by atoms with Crippen LogP contribution in [0.4, 0.5) is 0 Å². The Labute approximate surface area is 233 Å². The van der Waals surface area contributed by atoms with Crippen molar-refractivity contribution in [2.24, 2.45) is 0 Å². The Morgan fingerprint density at radius 2 is 1.00 bits per heavy atom. The first kappa shape index (κ1) is 22.4. The summed E-state index contributed by atoms with van der Waals surface area (Å²) in [5, 5.41) is 4.82. The zero-order chi connectivity index (χ0) is 25.9. The van der Waals surface area contributed by atoms with E-state index in [1.54, 1.807) is 0 Å². The molecule has 2 heterocycles. The monoisotopic (exact) mass is 563 g/mol. The van der Waals surface area contributed by atoms with E-state index in [-0.39, 0.29) is 0 Å². The minimum Gasteiger partial charge on any atom is -0.456 e. The van der Waals surface area contributed by atoms with Crippen molar-refractivity contribution in [2.75, 3.05) is 0 Å². The Hall–Kier alpha value is -4.60. The predicted molar refractivity (Wildman–Crippen MR) is 167 cm³/mol. The Morgan fingerprint density at radius 1 is 0.436 bits per heavy atom. The van der Waals surface area contributed by atoms with E-state index in [2.05, 4.69) is 142 Å². The molecule has 39 heavy (non-hydrogen) atoms. The van der Waals surface area contributed by atoms with Gasteiger partial charge in [-0.25, -0.2) is 0 Å². The Kier molecular flexibility index (Phi) is 5.01. The molecule has 0 atom stereocenters. The number of fused-ring (bicyclic) bond motifs is 6. The smallest absolute Gasteiger partial charge is 0.135 e. The average Bonchev–Trinajstić information content (AvgIpc) is 3.53. The second kappa shape index (κ2) is 8.72. The van der Waals surface area contributed by atoms with E-state index < -0.39 is 0 Å². The van der Waals surface area contributed by atoms with Gasteiger partial charge in [0.2, 0.25) is 0 Å². The molecule has 0 fully saturated rings. The number of benzene rings is 6. The summed E-state index contributed by atoms with van der Waals surface area (Å²) in [5.74, 6) is 0. The van der Waals surface area contributed by atoms with E-state index in [1.807, 2.05) is 12.1 Å². The molecule has 0 aliphatic heterocycles. The van der Waals surface area contributed by atoms with Crippen molar-refractivity contribution < 1.29 is 4.42 Å². The number of halogens is 1. The second-order valence-corrected chi connectivity index (χ2v) is 10.9. The Bertz CT molecular complexity index is 2170. The van der Waals surface area contributed by atoms with Gasteiger partial charge in [0, 0.05) is 31.7 Å². The fourth-order valence-corrected chi connectivity index (χ4v) is 6.05. The summed E-state index contributed by atoms with van der Waals surface area (Å²) in [6.07, 6.45) is 0. The molecule has 0 amide bonds. The number of furan rings is 1. The van der Waals surface area contributed by atoms with E-state index >= 15 is 0 Å². The third-order valence-corrected chi connectivity index (χ3v) is 8.21. The summed E-state index contributed by atoms with van der Waals surface area (Å²) in [4.78, 5) is 0. The average molecular weight is 564 g/mol. The largest absolute Gasteiger partial charge is 0.456 e. The molecule has 0 bridgehead atoms. The van der Waals surface area contributed by atoms with Crippen molar-refractivity contribution in [1.29, 1.82) is 0 Å². The second-order valence-electron chi connectivity index (χ2n) is 9.95. The molecule has 184 valence electrons. The van der Waals surface area contributed by atoms with Gasteiger partial charge in [-0.05, 0) is 82.9 Å². The molecule has 3 heteroatoms. The van der Waals surface area contributed by atoms with Crippen LogP contribution in [-0.2, 0) is 0 Å². The normalized spacial score (nSPS) is 11.7. The lowest BCUT2D eigenvalue weighted by atomic mass is 9.98. The lowest BCUT2D eigenvalue weighted by Gasteiger charge is -2.09. The summed E-state index contributed by atoms with van der Waals surface area (Å²) in [6, 6.07) is 47.5. The third-order valence-electron chi connectivity index (χ3n) is 7.69. The first-order chi connectivity index (χ1) is 19.2. The zero-order valence-corrected chi connectivity index (χ0v) is 22.5. The molecular formula is C36H22BrNO. The number of aromatic nitrogens is 1. The van der Waals surface area contributed by atoms with Crippen molar-refractivity contribution in [3.63, 3.8) is 0 Å². The van der Waals surface area contributed by atoms with Crippen LogP contribution in [0, 0.1) is 0 Å². The summed E-state index contributed by atoms with van der Waals surface area (Å²) in [7, 11) is 0. The van der Waals surface area contributed by atoms with Crippen LogP contribution >= 0.6 is 15.9 Å². The highest BCUT2D eigenvalue weighted by Gasteiger charge is 2.13. The first-order valence-electron chi connectivity index (χ1n) is 13.0. The van der Waals surface area contributed by atoms with Crippen LogP contribution < -0.4 is 0 Å². The van der Waals surface area contributed by atoms with Crippen LogP contribution in [0.3, 0.4) is 0 Å². The quantitative estimate of drug-likeness (QED) is 0.209. The highest BCUT2D eigenvalue weighted by molar-refractivity contribution is 9.10. The van der Waals surface area contributed by atoms with E-state index in [0.29, 0.717) is 0 Å². The van der Waals surface area contributed by atoms with Crippen molar-refractivity contribution >= 4 is 59.7 Å². The van der Waals surface area contributed by atoms with Gasteiger partial charge in [-0.2, -0.15) is 0 Å². The van der Waals surface area contributed by atoms with Gasteiger partial charge in [0.1, 0.15) is 11.2 Å². The molecule has 2 nitrogen and oxygen atoms in total. The first-order valence-corrected chi connectivity index (χ1v) is 13.8. The molecule has 0 aliphatic rings. The van der Waals surface area contributed by atoms with Crippen LogP contribution in [0.1, 0.15) is 0 Å². The standard InChI is InChI=1S/C36H22BrNO/c37-27-15-17-28(18-16-27)38-33-7-3-1-5-29(33)31-21-25(13-19-34(31)38)23-9-11-24(12-10-23)26-14-20-36-32(22-26)30-6-2-4-8-35(30)39-36/h1-22H. The van der Waals surface area contributed by atoms with Gasteiger partial charge in [0.05, 0.1) is 11.0 Å². The van der Waals surface area contributed by atoms with E-state index in [1.165, 1.54) is 44.1 Å². The van der Waals surface area contributed by atoms with Gasteiger partial charge in [-0.3, -0.25) is 0 Å². The molecule has 6 aromatic carbocycles. The molecule has 0 unspecified atom stereocenters. The molecule has 0 radical (unpaired) electrons. The van der Waals surface area contributed by atoms with Gasteiger partial charge in [-0.15, -0.1) is 0 Å². The highest BCUT2D eigenvalue weighted by Crippen LogP contribution is 2.36. The lowest BCUT2D eigenvalue weighted by molar-refractivity contribution is 0.669. The summed E-state index contributed by atoms with van der Waals surface area (Å²) < 4.78 is 9.44. The maximum Gasteiger partial charge on any atom is 0.135 e. The number of para-hydroxylation sites is 2. The Morgan fingerprint density at radius 3 is 1.77 bits per heavy atom. The van der Waals surface area contributed by atoms with Gasteiger partial charge < -0.3 is 8.98 Å². The molecule has 0 saturated carbocycles. The summed E-state index contributed by atoms with van der Waals surface area (Å²) in [5.41, 5.74) is 10.2. The van der Waals surface area contributed by atoms with Crippen LogP contribution in [0.5, 0.6) is 0 Å². The molecule has 0 N–H and O–H groups in total. The van der Waals surface area contributed by atoms with E-state index in [0.717, 1.165) is 32.1 Å². The van der Waals surface area contributed by atoms with Crippen molar-refractivity contribution in [1.82, 2.24) is 4.57 Å². The Balaban J connectivity index is 1.21. The van der Waals surface area contributed by atoms with Gasteiger partial charge in [-0.1, -0.05) is 88.7 Å². The van der Waals surface area contributed by atoms with Crippen LogP contribution in [-0.4, -0.2) is 4.57 Å². The maximum absolute atomic E-state index is 6.02. The number of hydrogen-bond donors (Lipinski definition) is 0. The van der Waals surface area contributed by atoms with Crippen LogP contribution in [0.25, 0.3) is 71.7 Å². The minimum atomic E-state index is 0.923. The van der Waals surface area contributed by atoms with Crippen molar-refractivity contribution in [3.05, 3.63) is 138 Å². The molecule has 2 aromatic heterocycles. The minimum absolute atomic E-state index is 0.923. The third kappa shape index (κ3) is 3.62. The molecule has 8 rings (SSSR count).